The smallest absolute Gasteiger partial charge is 0.243 e. The van der Waals surface area contributed by atoms with E-state index in [9.17, 15) is 43.8 Å². The lowest BCUT2D eigenvalue weighted by Gasteiger charge is -2.28. The van der Waals surface area contributed by atoms with E-state index in [2.05, 4.69) is 46.9 Å². The van der Waals surface area contributed by atoms with Gasteiger partial charge in [-0.25, -0.2) is 0 Å². The number of carbonyl (C=O) groups is 7. The van der Waals surface area contributed by atoms with Crippen LogP contribution in [0, 0.1) is 0 Å². The number of hydrogen-bond donors (Lipinski definition) is 15. The third-order valence-electron chi connectivity index (χ3n) is 11.6. The lowest BCUT2D eigenvalue weighted by Crippen LogP contribution is -2.60. The first-order valence-corrected chi connectivity index (χ1v) is 23.8. The number of fused-ring (bicyclic) bond motifs is 1. The van der Waals surface area contributed by atoms with Gasteiger partial charge in [-0.2, -0.15) is 0 Å². The summed E-state index contributed by atoms with van der Waals surface area (Å²) >= 11 is 0. The molecule has 394 valence electrons. The summed E-state index contributed by atoms with van der Waals surface area (Å²) in [6, 6.07) is 11.3. The van der Waals surface area contributed by atoms with E-state index in [-0.39, 0.29) is 87.9 Å². The number of H-pyrrole nitrogens is 1. The van der Waals surface area contributed by atoms with Crippen LogP contribution in [0.25, 0.3) is 10.9 Å². The average molecular weight is 1010 g/mol. The van der Waals surface area contributed by atoms with E-state index >= 15 is 0 Å². The van der Waals surface area contributed by atoms with E-state index in [0.717, 1.165) is 10.9 Å². The number of nitrogens with two attached hydrogens (primary N) is 6. The number of phenolic OH excluding ortho intramolecular Hbond substituents is 2. The maximum Gasteiger partial charge on any atom is 0.243 e. The van der Waals surface area contributed by atoms with Crippen LogP contribution in [0.2, 0.25) is 0 Å². The number of primary amides is 1. The molecule has 24 nitrogen and oxygen atoms in total. The molecule has 1 aromatic heterocycles. The Bertz CT molecular complexity index is 2540. The topological polar surface area (TPSA) is 429 Å². The molecule has 0 radical (unpaired) electrons. The molecule has 0 saturated carbocycles. The first-order chi connectivity index (χ1) is 34.8. The summed E-state index contributed by atoms with van der Waals surface area (Å²) < 4.78 is 0. The van der Waals surface area contributed by atoms with Gasteiger partial charge in [-0.15, -0.1) is 0 Å². The van der Waals surface area contributed by atoms with Gasteiger partial charge in [0.15, 0.2) is 11.9 Å². The van der Waals surface area contributed by atoms with Crippen molar-refractivity contribution in [2.75, 3.05) is 19.6 Å². The van der Waals surface area contributed by atoms with Crippen LogP contribution in [0.3, 0.4) is 0 Å². The summed E-state index contributed by atoms with van der Waals surface area (Å²) in [6.07, 6.45) is 2.98. The van der Waals surface area contributed by atoms with Gasteiger partial charge in [-0.1, -0.05) is 42.5 Å². The van der Waals surface area contributed by atoms with Gasteiger partial charge in [0, 0.05) is 56.4 Å². The van der Waals surface area contributed by atoms with Crippen molar-refractivity contribution in [3.8, 4) is 11.5 Å². The molecule has 6 atom stereocenters. The molecule has 0 fully saturated rings. The van der Waals surface area contributed by atoms with Crippen molar-refractivity contribution in [1.82, 2.24) is 36.9 Å². The van der Waals surface area contributed by atoms with E-state index in [0.29, 0.717) is 36.1 Å². The number of hydrogen-bond acceptors (Lipinski definition) is 12. The summed E-state index contributed by atoms with van der Waals surface area (Å²) in [5.74, 6) is -5.79. The molecule has 0 aliphatic heterocycles. The third kappa shape index (κ3) is 19.7. The van der Waals surface area contributed by atoms with E-state index in [1.165, 1.54) is 55.5 Å². The Morgan fingerprint density at radius 1 is 0.521 bits per heavy atom. The lowest BCUT2D eigenvalue weighted by atomic mass is 10.0. The van der Waals surface area contributed by atoms with Crippen molar-refractivity contribution in [2.24, 2.45) is 44.4 Å². The summed E-state index contributed by atoms with van der Waals surface area (Å²) in [5, 5.41) is 37.0. The third-order valence-corrected chi connectivity index (χ3v) is 11.6. The standard InChI is InChI=1S/C49H69N15O9/c1-28(65)59-37(11-6-22-56-48(52)53)43(69)62-40(25-30-15-19-33(67)20-16-30)46(72)63-39(24-29-13-17-32(66)18-14-29)45(71)61-38(12-7-23-57-49(54)55)44(70)64-41(26-31-27-58-35-9-3-2-8-34(31)35)47(73)60-36(42(51)68)10-4-5-21-50/h2-3,8-9,13-20,27,36-41,58,66-67H,4-7,10-12,21-26,50H2,1H3,(H2,51,68)(H,59,65)(H,60,73)(H,61,71)(H,62,69)(H,63,72)(H,64,70)(H4,52,53,56)(H4,54,55,57)/t36-,37+,38+,39+,40-,41+/m0/s1. The maximum atomic E-state index is 14.7. The van der Waals surface area contributed by atoms with Gasteiger partial charge in [0.2, 0.25) is 41.4 Å². The van der Waals surface area contributed by atoms with Crippen LogP contribution >= 0.6 is 0 Å². The van der Waals surface area contributed by atoms with E-state index < -0.39 is 77.6 Å². The lowest BCUT2D eigenvalue weighted by molar-refractivity contribution is -0.135. The fourth-order valence-electron chi connectivity index (χ4n) is 7.81. The quantitative estimate of drug-likeness (QED) is 0.0157. The SMILES string of the molecule is CC(=O)N[C@H](CCCN=C(N)N)C(=O)N[C@@H](Cc1ccc(O)cc1)C(=O)N[C@H](Cc1ccc(O)cc1)C(=O)N[C@H](CCCN=C(N)N)C(=O)N[C@H](Cc1c[nH]c2ccccc12)C(=O)N[C@@H](CCCCN)C(N)=O. The second-order valence-corrected chi connectivity index (χ2v) is 17.4. The number of nitrogens with one attached hydrogen (secondary N) is 7. The largest absolute Gasteiger partial charge is 0.508 e. The molecule has 21 N–H and O–H groups in total. The monoisotopic (exact) mass is 1010 g/mol. The molecule has 0 aliphatic carbocycles. The van der Waals surface area contributed by atoms with Gasteiger partial charge in [-0.3, -0.25) is 43.5 Å². The first kappa shape index (κ1) is 57.2. The molecule has 24 heteroatoms. The van der Waals surface area contributed by atoms with Crippen LogP contribution in [0.15, 0.2) is 89.0 Å². The Kier molecular flexibility index (Phi) is 22.8. The molecule has 0 saturated heterocycles. The van der Waals surface area contributed by atoms with Gasteiger partial charge < -0.3 is 81.5 Å². The van der Waals surface area contributed by atoms with Crippen LogP contribution in [0.5, 0.6) is 11.5 Å². The number of guanidine groups is 2. The second kappa shape index (κ2) is 29.1. The van der Waals surface area contributed by atoms with Gasteiger partial charge in [-0.05, 0) is 98.5 Å². The highest BCUT2D eigenvalue weighted by atomic mass is 16.3. The predicted molar refractivity (Wildman–Crippen MR) is 275 cm³/mol. The minimum atomic E-state index is -1.45. The van der Waals surface area contributed by atoms with Crippen LogP contribution in [0.1, 0.15) is 68.6 Å². The molecule has 1 heterocycles. The number of rotatable bonds is 30. The minimum Gasteiger partial charge on any atom is -0.508 e. The fraction of sp³-hybridized carbons (Fsp3) is 0.408. The maximum absolute atomic E-state index is 14.7. The van der Waals surface area contributed by atoms with E-state index in [4.69, 9.17) is 34.4 Å². The van der Waals surface area contributed by atoms with Crippen molar-refractivity contribution in [2.45, 2.75) is 107 Å². The Balaban J connectivity index is 1.70. The number of unbranched alkanes of at least 4 members (excludes halogenated alkanes) is 1. The first-order valence-electron chi connectivity index (χ1n) is 23.8. The van der Waals surface area contributed by atoms with Crippen LogP contribution in [-0.2, 0) is 52.8 Å². The highest BCUT2D eigenvalue weighted by Gasteiger charge is 2.34. The molecule has 0 spiro atoms. The molecule has 73 heavy (non-hydrogen) atoms. The highest BCUT2D eigenvalue weighted by molar-refractivity contribution is 5.97. The summed E-state index contributed by atoms with van der Waals surface area (Å²) in [5.41, 5.74) is 35.8. The molecule has 3 aromatic carbocycles. The number of benzene rings is 3. The molecule has 0 aliphatic rings. The fourth-order valence-corrected chi connectivity index (χ4v) is 7.81. The Hall–Kier alpha value is -8.41. The summed E-state index contributed by atoms with van der Waals surface area (Å²) in [4.78, 5) is 108. The summed E-state index contributed by atoms with van der Waals surface area (Å²) in [7, 11) is 0. The molecular formula is C49H69N15O9. The molecule has 4 aromatic rings. The van der Waals surface area contributed by atoms with Gasteiger partial charge in [0.1, 0.15) is 47.8 Å². The number of carbonyl (C=O) groups excluding carboxylic acids is 7. The van der Waals surface area contributed by atoms with Gasteiger partial charge in [0.25, 0.3) is 0 Å². The molecular weight excluding hydrogens is 943 g/mol. The Morgan fingerprint density at radius 3 is 1.38 bits per heavy atom. The number of aliphatic imine (C=N–C) groups is 2. The van der Waals surface area contributed by atoms with Crippen molar-refractivity contribution in [3.05, 3.63) is 95.7 Å². The number of phenols is 2. The average Bonchev–Trinajstić information content (AvgIpc) is 3.75. The number of aromatic amines is 1. The van der Waals surface area contributed by atoms with E-state index in [1.807, 2.05) is 24.3 Å². The van der Waals surface area contributed by atoms with Gasteiger partial charge >= 0.3 is 0 Å². The predicted octanol–water partition coefficient (Wildman–Crippen LogP) is -1.74. The van der Waals surface area contributed by atoms with Crippen LogP contribution < -0.4 is 66.3 Å². The van der Waals surface area contributed by atoms with E-state index in [1.54, 1.807) is 6.20 Å². The second-order valence-electron chi connectivity index (χ2n) is 17.4. The zero-order chi connectivity index (χ0) is 53.5. The zero-order valence-electron chi connectivity index (χ0n) is 40.8. The Morgan fingerprint density at radius 2 is 0.932 bits per heavy atom. The van der Waals surface area contributed by atoms with Crippen molar-refractivity contribution >= 4 is 64.2 Å². The Labute approximate surface area is 422 Å². The minimum absolute atomic E-state index is 0.0460. The zero-order valence-corrected chi connectivity index (χ0v) is 40.8. The van der Waals surface area contributed by atoms with Crippen molar-refractivity contribution < 1.29 is 43.8 Å². The highest BCUT2D eigenvalue weighted by Crippen LogP contribution is 2.20. The van der Waals surface area contributed by atoms with Gasteiger partial charge in [0.05, 0.1) is 0 Å². The number of aromatic hydroxyl groups is 2. The van der Waals surface area contributed by atoms with Crippen molar-refractivity contribution in [1.29, 1.82) is 0 Å². The van der Waals surface area contributed by atoms with Crippen molar-refractivity contribution in [3.63, 3.8) is 0 Å². The molecule has 4 rings (SSSR count). The number of para-hydroxylation sites is 1. The normalized spacial score (nSPS) is 13.4. The number of nitrogens with zero attached hydrogens (tertiary/aromatic N) is 2. The summed E-state index contributed by atoms with van der Waals surface area (Å²) in [6.45, 7) is 1.77. The molecule has 7 amide bonds. The van der Waals surface area contributed by atoms with Crippen LogP contribution in [0.4, 0.5) is 0 Å². The van der Waals surface area contributed by atoms with Crippen LogP contribution in [-0.4, -0.2) is 124 Å². The number of aromatic nitrogens is 1. The number of amides is 7. The molecule has 0 bridgehead atoms. The molecule has 0 unspecified atom stereocenters.